The highest BCUT2D eigenvalue weighted by molar-refractivity contribution is 6.06. The van der Waals surface area contributed by atoms with Crippen LogP contribution >= 0.6 is 0 Å². The maximum Gasteiger partial charge on any atom is 0.255 e. The van der Waals surface area contributed by atoms with Crippen molar-refractivity contribution in [3.05, 3.63) is 34.9 Å². The Kier molecular flexibility index (Phi) is 3.82. The molecular weight excluding hydrogens is 334 g/mol. The summed E-state index contributed by atoms with van der Waals surface area (Å²) in [6.07, 6.45) is 2.73. The van der Waals surface area contributed by atoms with Crippen molar-refractivity contribution >= 4 is 23.6 Å². The SMILES string of the molecule is C[C@@H](C1CC1)C1c2cc(C(N)=O)ccc2C(=O)N1C1CCC(=O)NC1=O. The summed E-state index contributed by atoms with van der Waals surface area (Å²) in [7, 11) is 0. The highest BCUT2D eigenvalue weighted by Gasteiger charge is 2.49. The van der Waals surface area contributed by atoms with E-state index in [0.29, 0.717) is 23.5 Å². The smallest absolute Gasteiger partial charge is 0.255 e. The van der Waals surface area contributed by atoms with E-state index >= 15 is 0 Å². The van der Waals surface area contributed by atoms with Crippen molar-refractivity contribution in [3.63, 3.8) is 0 Å². The molecule has 0 spiro atoms. The summed E-state index contributed by atoms with van der Waals surface area (Å²) in [5.74, 6) is -0.843. The summed E-state index contributed by atoms with van der Waals surface area (Å²) in [5.41, 5.74) is 7.04. The average molecular weight is 355 g/mol. The zero-order valence-electron chi connectivity index (χ0n) is 14.5. The zero-order chi connectivity index (χ0) is 18.6. The largest absolute Gasteiger partial charge is 0.366 e. The van der Waals surface area contributed by atoms with Gasteiger partial charge >= 0.3 is 0 Å². The quantitative estimate of drug-likeness (QED) is 0.789. The molecule has 7 heteroatoms. The summed E-state index contributed by atoms with van der Waals surface area (Å²) < 4.78 is 0. The summed E-state index contributed by atoms with van der Waals surface area (Å²) in [4.78, 5) is 50.2. The molecule has 26 heavy (non-hydrogen) atoms. The number of nitrogens with zero attached hydrogens (tertiary/aromatic N) is 1. The number of hydrogen-bond donors (Lipinski definition) is 2. The first-order valence-electron chi connectivity index (χ1n) is 8.98. The van der Waals surface area contributed by atoms with Crippen molar-refractivity contribution in [1.29, 1.82) is 0 Å². The molecule has 0 bridgehead atoms. The minimum absolute atomic E-state index is 0.161. The Morgan fingerprint density at radius 2 is 1.96 bits per heavy atom. The van der Waals surface area contributed by atoms with E-state index in [-0.39, 0.29) is 30.2 Å². The fourth-order valence-corrected chi connectivity index (χ4v) is 4.27. The van der Waals surface area contributed by atoms with Crippen molar-refractivity contribution < 1.29 is 19.2 Å². The van der Waals surface area contributed by atoms with Gasteiger partial charge in [0.1, 0.15) is 6.04 Å². The van der Waals surface area contributed by atoms with Crippen LogP contribution in [-0.2, 0) is 9.59 Å². The summed E-state index contributed by atoms with van der Waals surface area (Å²) >= 11 is 0. The summed E-state index contributed by atoms with van der Waals surface area (Å²) in [6.45, 7) is 2.08. The molecule has 4 amide bonds. The molecule has 1 saturated carbocycles. The number of nitrogens with one attached hydrogen (secondary N) is 1. The van der Waals surface area contributed by atoms with Crippen LogP contribution in [0.25, 0.3) is 0 Å². The molecule has 3 N–H and O–H groups in total. The standard InChI is InChI=1S/C19H21N3O4/c1-9(10-2-3-10)16-13-8-11(17(20)24)4-5-12(13)19(26)22(16)14-6-7-15(23)21-18(14)25/h4-5,8-10,14,16H,2-3,6-7H2,1H3,(H2,20,24)(H,21,23,25)/t9-,14?,16?/m0/s1. The van der Waals surface area contributed by atoms with Crippen molar-refractivity contribution in [1.82, 2.24) is 10.2 Å². The Morgan fingerprint density at radius 1 is 1.23 bits per heavy atom. The Bertz CT molecular complexity index is 830. The monoisotopic (exact) mass is 355 g/mol. The number of piperidine rings is 1. The molecule has 1 aromatic carbocycles. The molecule has 3 atom stereocenters. The molecule has 1 aliphatic carbocycles. The number of rotatable bonds is 4. The van der Waals surface area contributed by atoms with Gasteiger partial charge in [-0.05, 0) is 54.9 Å². The molecule has 0 radical (unpaired) electrons. The van der Waals surface area contributed by atoms with E-state index in [2.05, 4.69) is 12.2 Å². The van der Waals surface area contributed by atoms with E-state index < -0.39 is 17.9 Å². The molecule has 2 heterocycles. The van der Waals surface area contributed by atoms with Gasteiger partial charge in [0, 0.05) is 17.5 Å². The van der Waals surface area contributed by atoms with Crippen molar-refractivity contribution in [2.24, 2.45) is 17.6 Å². The third-order valence-corrected chi connectivity index (χ3v) is 5.83. The first-order valence-corrected chi connectivity index (χ1v) is 8.98. The minimum atomic E-state index is -0.671. The van der Waals surface area contributed by atoms with Gasteiger partial charge in [0.15, 0.2) is 0 Å². The van der Waals surface area contributed by atoms with E-state index in [9.17, 15) is 19.2 Å². The third-order valence-electron chi connectivity index (χ3n) is 5.83. The van der Waals surface area contributed by atoms with Crippen molar-refractivity contribution in [3.8, 4) is 0 Å². The number of carbonyl (C=O) groups excluding carboxylic acids is 4. The van der Waals surface area contributed by atoms with E-state index in [1.165, 1.54) is 0 Å². The third kappa shape index (κ3) is 2.58. The Balaban J connectivity index is 1.77. The number of carbonyl (C=O) groups is 4. The van der Waals surface area contributed by atoms with Gasteiger partial charge in [-0.15, -0.1) is 0 Å². The number of fused-ring (bicyclic) bond motifs is 1. The van der Waals surface area contributed by atoms with Crippen LogP contribution in [0, 0.1) is 11.8 Å². The van der Waals surface area contributed by atoms with Gasteiger partial charge in [0.2, 0.25) is 17.7 Å². The van der Waals surface area contributed by atoms with Gasteiger partial charge in [-0.2, -0.15) is 0 Å². The van der Waals surface area contributed by atoms with E-state index in [1.807, 2.05) is 0 Å². The molecular formula is C19H21N3O4. The molecule has 0 aromatic heterocycles. The van der Waals surface area contributed by atoms with Crippen LogP contribution in [0.4, 0.5) is 0 Å². The average Bonchev–Trinajstić information content (AvgIpc) is 3.40. The summed E-state index contributed by atoms with van der Waals surface area (Å²) in [5, 5.41) is 2.34. The molecule has 3 aliphatic rings. The van der Waals surface area contributed by atoms with Crippen LogP contribution in [-0.4, -0.2) is 34.6 Å². The lowest BCUT2D eigenvalue weighted by Crippen LogP contribution is -2.54. The second-order valence-corrected chi connectivity index (χ2v) is 7.49. The summed E-state index contributed by atoms with van der Waals surface area (Å²) in [6, 6.07) is 3.90. The van der Waals surface area contributed by atoms with Crippen LogP contribution in [0.2, 0.25) is 0 Å². The second-order valence-electron chi connectivity index (χ2n) is 7.49. The Labute approximate surface area is 150 Å². The molecule has 136 valence electrons. The van der Waals surface area contributed by atoms with Gasteiger partial charge in [-0.25, -0.2) is 0 Å². The van der Waals surface area contributed by atoms with Crippen LogP contribution in [0.3, 0.4) is 0 Å². The van der Waals surface area contributed by atoms with Crippen molar-refractivity contribution in [2.45, 2.75) is 44.7 Å². The highest BCUT2D eigenvalue weighted by atomic mass is 16.2. The molecule has 1 aromatic rings. The number of hydrogen-bond acceptors (Lipinski definition) is 4. The number of amides is 4. The molecule has 1 saturated heterocycles. The molecule has 4 rings (SSSR count). The predicted molar refractivity (Wildman–Crippen MR) is 91.9 cm³/mol. The van der Waals surface area contributed by atoms with Gasteiger partial charge in [0.05, 0.1) is 6.04 Å². The van der Waals surface area contributed by atoms with Gasteiger partial charge in [0.25, 0.3) is 5.91 Å². The first kappa shape index (κ1) is 16.8. The van der Waals surface area contributed by atoms with Gasteiger partial charge in [-0.3, -0.25) is 24.5 Å². The molecule has 2 aliphatic heterocycles. The lowest BCUT2D eigenvalue weighted by Gasteiger charge is -2.37. The number of benzene rings is 1. The van der Waals surface area contributed by atoms with Crippen molar-refractivity contribution in [2.75, 3.05) is 0 Å². The minimum Gasteiger partial charge on any atom is -0.366 e. The number of imide groups is 1. The molecule has 2 unspecified atom stereocenters. The van der Waals surface area contributed by atoms with Crippen LogP contribution in [0.1, 0.15) is 64.9 Å². The van der Waals surface area contributed by atoms with Crippen LogP contribution in [0.15, 0.2) is 18.2 Å². The van der Waals surface area contributed by atoms with E-state index in [1.54, 1.807) is 23.1 Å². The second kappa shape index (κ2) is 5.93. The van der Waals surface area contributed by atoms with Gasteiger partial charge in [-0.1, -0.05) is 6.92 Å². The fourth-order valence-electron chi connectivity index (χ4n) is 4.27. The zero-order valence-corrected chi connectivity index (χ0v) is 14.5. The Morgan fingerprint density at radius 3 is 2.58 bits per heavy atom. The van der Waals surface area contributed by atoms with E-state index in [0.717, 1.165) is 18.4 Å². The number of primary amides is 1. The number of nitrogens with two attached hydrogens (primary N) is 1. The topological polar surface area (TPSA) is 110 Å². The lowest BCUT2D eigenvalue weighted by molar-refractivity contribution is -0.137. The normalized spacial score (nSPS) is 26.5. The predicted octanol–water partition coefficient (Wildman–Crippen LogP) is 1.13. The van der Waals surface area contributed by atoms with Crippen LogP contribution < -0.4 is 11.1 Å². The molecule has 2 fully saturated rings. The Hall–Kier alpha value is -2.70. The van der Waals surface area contributed by atoms with E-state index in [4.69, 9.17) is 5.73 Å². The maximum absolute atomic E-state index is 13.1. The lowest BCUT2D eigenvalue weighted by atomic mass is 9.88. The molecule has 7 nitrogen and oxygen atoms in total. The fraction of sp³-hybridized carbons (Fsp3) is 0.474. The van der Waals surface area contributed by atoms with Gasteiger partial charge < -0.3 is 10.6 Å². The first-order chi connectivity index (χ1) is 12.4. The van der Waals surface area contributed by atoms with Crippen LogP contribution in [0.5, 0.6) is 0 Å². The highest BCUT2D eigenvalue weighted by Crippen LogP contribution is 2.49. The maximum atomic E-state index is 13.1.